The summed E-state index contributed by atoms with van der Waals surface area (Å²) in [6.07, 6.45) is 1.39. The highest BCUT2D eigenvalue weighted by Crippen LogP contribution is 2.26. The lowest BCUT2D eigenvalue weighted by Crippen LogP contribution is -2.20. The second-order valence-corrected chi connectivity index (χ2v) is 8.21. The molecule has 0 aliphatic rings. The zero-order valence-electron chi connectivity index (χ0n) is 19.0. The summed E-state index contributed by atoms with van der Waals surface area (Å²) in [6.45, 7) is 0.403. The van der Waals surface area contributed by atoms with Crippen molar-refractivity contribution >= 4 is 29.6 Å². The molecule has 0 saturated heterocycles. The van der Waals surface area contributed by atoms with Crippen molar-refractivity contribution in [1.29, 1.82) is 0 Å². The van der Waals surface area contributed by atoms with Crippen molar-refractivity contribution in [2.75, 3.05) is 18.2 Å². The molecule has 0 saturated carbocycles. The van der Waals surface area contributed by atoms with Crippen LogP contribution in [0.5, 0.6) is 11.5 Å². The number of nitrogens with one attached hydrogen (secondary N) is 2. The molecule has 0 radical (unpaired) electrons. The van der Waals surface area contributed by atoms with Crippen molar-refractivity contribution in [1.82, 2.24) is 20.2 Å². The number of phenolic OH excluding ortho intramolecular Hbond substituents is 1. The number of rotatable bonds is 10. The van der Waals surface area contributed by atoms with Gasteiger partial charge in [-0.2, -0.15) is 5.10 Å². The summed E-state index contributed by atoms with van der Waals surface area (Å²) in [4.78, 5) is 12.3. The number of ether oxygens (including phenoxy) is 1. The van der Waals surface area contributed by atoms with Crippen LogP contribution in [0.1, 0.15) is 11.4 Å². The number of carbonyl (C=O) groups is 1. The summed E-state index contributed by atoms with van der Waals surface area (Å²) < 4.78 is 7.31. The van der Waals surface area contributed by atoms with E-state index >= 15 is 0 Å². The maximum Gasteiger partial charge on any atom is 0.250 e. The summed E-state index contributed by atoms with van der Waals surface area (Å²) in [5.41, 5.74) is 4.70. The number of aromatic hydroxyl groups is 1. The van der Waals surface area contributed by atoms with Crippen LogP contribution in [0.3, 0.4) is 0 Å². The van der Waals surface area contributed by atoms with Gasteiger partial charge in [-0.15, -0.1) is 10.2 Å². The molecule has 1 aromatic heterocycles. The first-order chi connectivity index (χ1) is 17.2. The van der Waals surface area contributed by atoms with Gasteiger partial charge in [0.05, 0.1) is 31.3 Å². The summed E-state index contributed by atoms with van der Waals surface area (Å²) in [6, 6.07) is 24.1. The lowest BCUT2D eigenvalue weighted by Gasteiger charge is -2.13. The van der Waals surface area contributed by atoms with E-state index in [2.05, 4.69) is 26.0 Å². The molecular weight excluding hydrogens is 464 g/mol. The first kappa shape index (κ1) is 23.8. The Kier molecular flexibility index (Phi) is 7.97. The Hall–Kier alpha value is -4.31. The number of hydrogen-bond donors (Lipinski definition) is 3. The van der Waals surface area contributed by atoms with Crippen LogP contribution in [0.4, 0.5) is 5.69 Å². The molecule has 0 aliphatic heterocycles. The number of anilines is 1. The maximum atomic E-state index is 12.3. The average molecular weight is 489 g/mol. The number of aromatic nitrogens is 3. The molecule has 178 valence electrons. The summed E-state index contributed by atoms with van der Waals surface area (Å²) in [5, 5.41) is 26.3. The number of methoxy groups -OCH3 is 1. The van der Waals surface area contributed by atoms with Gasteiger partial charge in [-0.1, -0.05) is 54.2 Å². The lowest BCUT2D eigenvalue weighted by molar-refractivity contribution is -0.118. The van der Waals surface area contributed by atoms with Crippen molar-refractivity contribution in [3.63, 3.8) is 0 Å². The van der Waals surface area contributed by atoms with Crippen LogP contribution in [-0.4, -0.2) is 44.9 Å². The van der Waals surface area contributed by atoms with Crippen LogP contribution in [-0.2, 0) is 11.3 Å². The second kappa shape index (κ2) is 11.7. The molecule has 1 amide bonds. The zero-order chi connectivity index (χ0) is 24.5. The van der Waals surface area contributed by atoms with Crippen molar-refractivity contribution in [3.8, 4) is 17.2 Å². The van der Waals surface area contributed by atoms with Gasteiger partial charge in [0, 0.05) is 11.3 Å². The van der Waals surface area contributed by atoms with E-state index in [1.807, 2.05) is 59.2 Å². The fourth-order valence-electron chi connectivity index (χ4n) is 3.24. The largest absolute Gasteiger partial charge is 0.507 e. The van der Waals surface area contributed by atoms with Gasteiger partial charge in [0.25, 0.3) is 5.91 Å². The number of carbonyl (C=O) groups excluding carboxylic acids is 1. The van der Waals surface area contributed by atoms with Gasteiger partial charge in [0.15, 0.2) is 11.0 Å². The normalized spacial score (nSPS) is 10.9. The Morgan fingerprint density at radius 3 is 2.60 bits per heavy atom. The van der Waals surface area contributed by atoms with Crippen LogP contribution < -0.4 is 15.5 Å². The summed E-state index contributed by atoms with van der Waals surface area (Å²) >= 11 is 1.25. The summed E-state index contributed by atoms with van der Waals surface area (Å²) in [5.74, 6) is 1.28. The van der Waals surface area contributed by atoms with E-state index in [0.29, 0.717) is 23.1 Å². The van der Waals surface area contributed by atoms with E-state index in [1.165, 1.54) is 18.0 Å². The van der Waals surface area contributed by atoms with E-state index in [4.69, 9.17) is 4.74 Å². The Morgan fingerprint density at radius 1 is 1.06 bits per heavy atom. The number of hydrogen-bond acceptors (Lipinski definition) is 8. The monoisotopic (exact) mass is 488 g/mol. The predicted octanol–water partition coefficient (Wildman–Crippen LogP) is 3.84. The van der Waals surface area contributed by atoms with Crippen LogP contribution >= 0.6 is 11.8 Å². The second-order valence-electron chi connectivity index (χ2n) is 7.26. The third-order valence-electron chi connectivity index (χ3n) is 4.92. The van der Waals surface area contributed by atoms with Crippen LogP contribution in [0, 0.1) is 0 Å². The molecular formula is C25H24N6O3S. The molecule has 3 N–H and O–H groups in total. The standard InChI is InChI=1S/C25H24N6O3S/c1-34-22-14-8-6-12-20(22)26-16-23-28-30-25(31(23)19-10-3-2-4-11-19)35-17-24(33)29-27-15-18-9-5-7-13-21(18)32/h2-15,26,32H,16-17H2,1H3,(H,29,33). The molecule has 10 heteroatoms. The fraction of sp³-hybridized carbons (Fsp3) is 0.120. The van der Waals surface area contributed by atoms with Gasteiger partial charge >= 0.3 is 0 Å². The van der Waals surface area contributed by atoms with Crippen LogP contribution in [0.25, 0.3) is 5.69 Å². The molecule has 3 aromatic carbocycles. The number of phenols is 1. The van der Waals surface area contributed by atoms with E-state index in [1.54, 1.807) is 31.4 Å². The fourth-order valence-corrected chi connectivity index (χ4v) is 4.01. The van der Waals surface area contributed by atoms with E-state index in [9.17, 15) is 9.90 Å². The minimum Gasteiger partial charge on any atom is -0.507 e. The van der Waals surface area contributed by atoms with Gasteiger partial charge in [-0.25, -0.2) is 5.43 Å². The minimum atomic E-state index is -0.307. The third kappa shape index (κ3) is 6.18. The lowest BCUT2D eigenvalue weighted by atomic mass is 10.2. The molecule has 1 heterocycles. The molecule has 0 bridgehead atoms. The zero-order valence-corrected chi connectivity index (χ0v) is 19.8. The molecule has 0 atom stereocenters. The third-order valence-corrected chi connectivity index (χ3v) is 5.85. The van der Waals surface area contributed by atoms with Crippen molar-refractivity contribution < 1.29 is 14.6 Å². The smallest absolute Gasteiger partial charge is 0.250 e. The first-order valence-corrected chi connectivity index (χ1v) is 11.7. The quantitative estimate of drug-likeness (QED) is 0.177. The highest BCUT2D eigenvalue weighted by atomic mass is 32.2. The van der Waals surface area contributed by atoms with Crippen molar-refractivity contribution in [2.24, 2.45) is 5.10 Å². The predicted molar refractivity (Wildman–Crippen MR) is 136 cm³/mol. The molecule has 0 aliphatic carbocycles. The van der Waals surface area contributed by atoms with Crippen LogP contribution in [0.2, 0.25) is 0 Å². The molecule has 0 unspecified atom stereocenters. The SMILES string of the molecule is COc1ccccc1NCc1nnc(SCC(=O)NN=Cc2ccccc2O)n1-c1ccccc1. The van der Waals surface area contributed by atoms with Gasteiger partial charge < -0.3 is 15.2 Å². The molecule has 0 fully saturated rings. The molecule has 4 rings (SSSR count). The number of thioether (sulfide) groups is 1. The number of benzene rings is 3. The molecule has 35 heavy (non-hydrogen) atoms. The number of para-hydroxylation sites is 4. The topological polar surface area (TPSA) is 114 Å². The molecule has 0 spiro atoms. The number of hydrazone groups is 1. The number of amides is 1. The van der Waals surface area contributed by atoms with E-state index in [-0.39, 0.29) is 17.4 Å². The molecule has 4 aromatic rings. The Morgan fingerprint density at radius 2 is 1.80 bits per heavy atom. The van der Waals surface area contributed by atoms with Crippen LogP contribution in [0.15, 0.2) is 89.1 Å². The minimum absolute atomic E-state index is 0.0863. The van der Waals surface area contributed by atoms with Gasteiger partial charge in [-0.05, 0) is 36.4 Å². The van der Waals surface area contributed by atoms with E-state index < -0.39 is 0 Å². The van der Waals surface area contributed by atoms with Gasteiger partial charge in [0.2, 0.25) is 0 Å². The van der Waals surface area contributed by atoms with E-state index in [0.717, 1.165) is 17.1 Å². The Balaban J connectivity index is 1.45. The Labute approximate surface area is 206 Å². The molecule has 9 nitrogen and oxygen atoms in total. The van der Waals surface area contributed by atoms with Gasteiger partial charge in [0.1, 0.15) is 11.5 Å². The Bertz CT molecular complexity index is 1310. The van der Waals surface area contributed by atoms with Gasteiger partial charge in [-0.3, -0.25) is 9.36 Å². The average Bonchev–Trinajstić information content (AvgIpc) is 3.30. The highest BCUT2D eigenvalue weighted by molar-refractivity contribution is 7.99. The van der Waals surface area contributed by atoms with Crippen molar-refractivity contribution in [3.05, 3.63) is 90.3 Å². The maximum absolute atomic E-state index is 12.3. The number of nitrogens with zero attached hydrogens (tertiary/aromatic N) is 4. The first-order valence-electron chi connectivity index (χ1n) is 10.7. The highest BCUT2D eigenvalue weighted by Gasteiger charge is 2.16. The summed E-state index contributed by atoms with van der Waals surface area (Å²) in [7, 11) is 1.62. The van der Waals surface area contributed by atoms with Crippen molar-refractivity contribution in [2.45, 2.75) is 11.7 Å².